The van der Waals surface area contributed by atoms with E-state index in [1.807, 2.05) is 0 Å². The van der Waals surface area contributed by atoms with Crippen molar-refractivity contribution in [3.8, 4) is 0 Å². The first-order chi connectivity index (χ1) is 9.45. The van der Waals surface area contributed by atoms with Gasteiger partial charge in [0.2, 0.25) is 5.91 Å². The fraction of sp³-hybridized carbons (Fsp3) is 0.429. The number of carbonyl (C=O) groups excluding carboxylic acids is 1. The number of rotatable bonds is 5. The van der Waals surface area contributed by atoms with E-state index in [9.17, 15) is 18.4 Å². The fourth-order valence-corrected chi connectivity index (χ4v) is 2.40. The molecule has 1 amide bonds. The molecule has 0 radical (unpaired) electrons. The summed E-state index contributed by atoms with van der Waals surface area (Å²) < 4.78 is 27.2. The van der Waals surface area contributed by atoms with Crippen LogP contribution < -0.4 is 0 Å². The Hall–Kier alpha value is -1.98. The first kappa shape index (κ1) is 14.4. The molecule has 1 aromatic rings. The van der Waals surface area contributed by atoms with Crippen LogP contribution in [0.4, 0.5) is 8.78 Å². The highest BCUT2D eigenvalue weighted by Gasteiger charge is 2.48. The van der Waals surface area contributed by atoms with Gasteiger partial charge in [-0.3, -0.25) is 9.59 Å². The second-order valence-corrected chi connectivity index (χ2v) is 4.83. The first-order valence-electron chi connectivity index (χ1n) is 6.40. The maximum atomic E-state index is 13.6. The fourth-order valence-electron chi connectivity index (χ4n) is 2.40. The summed E-state index contributed by atoms with van der Waals surface area (Å²) in [5.41, 5.74) is -0.0720. The van der Waals surface area contributed by atoms with Gasteiger partial charge in [-0.2, -0.15) is 0 Å². The number of hydrogen-bond acceptors (Lipinski definition) is 2. The zero-order valence-electron chi connectivity index (χ0n) is 11.0. The summed E-state index contributed by atoms with van der Waals surface area (Å²) in [6, 6.07) is 3.59. The number of benzene rings is 1. The molecule has 1 aliphatic carbocycles. The zero-order valence-corrected chi connectivity index (χ0v) is 11.0. The second kappa shape index (κ2) is 5.56. The molecule has 20 heavy (non-hydrogen) atoms. The molecule has 0 spiro atoms. The average Bonchev–Trinajstić information content (AvgIpc) is 3.15. The Morgan fingerprint density at radius 2 is 1.95 bits per heavy atom. The zero-order chi connectivity index (χ0) is 14.9. The molecular formula is C14H15F2NO3. The van der Waals surface area contributed by atoms with Crippen LogP contribution >= 0.6 is 0 Å². The van der Waals surface area contributed by atoms with Crippen LogP contribution in [0.5, 0.6) is 0 Å². The summed E-state index contributed by atoms with van der Waals surface area (Å²) >= 11 is 0. The van der Waals surface area contributed by atoms with Gasteiger partial charge in [-0.25, -0.2) is 8.78 Å². The Balaban J connectivity index is 2.11. The van der Waals surface area contributed by atoms with Gasteiger partial charge in [-0.1, -0.05) is 6.07 Å². The van der Waals surface area contributed by atoms with E-state index in [0.717, 1.165) is 12.1 Å². The molecule has 1 fully saturated rings. The van der Waals surface area contributed by atoms with Crippen molar-refractivity contribution in [3.05, 3.63) is 35.4 Å². The Morgan fingerprint density at radius 3 is 2.45 bits per heavy atom. The van der Waals surface area contributed by atoms with E-state index in [-0.39, 0.29) is 18.0 Å². The third kappa shape index (κ3) is 2.79. The monoisotopic (exact) mass is 283 g/mol. The molecule has 2 rings (SSSR count). The Morgan fingerprint density at radius 1 is 1.35 bits per heavy atom. The lowest BCUT2D eigenvalue weighted by Crippen LogP contribution is -2.36. The quantitative estimate of drug-likeness (QED) is 0.899. The number of carbonyl (C=O) groups is 2. The van der Waals surface area contributed by atoms with Crippen LogP contribution in [0.15, 0.2) is 18.2 Å². The van der Waals surface area contributed by atoms with E-state index >= 15 is 0 Å². The van der Waals surface area contributed by atoms with Gasteiger partial charge in [0, 0.05) is 23.9 Å². The number of halogens is 2. The summed E-state index contributed by atoms with van der Waals surface area (Å²) in [6.07, 6.45) is 0.354. The maximum absolute atomic E-state index is 13.6. The summed E-state index contributed by atoms with van der Waals surface area (Å²) in [4.78, 5) is 23.9. The summed E-state index contributed by atoms with van der Waals surface area (Å²) in [5.74, 6) is -3.80. The van der Waals surface area contributed by atoms with Gasteiger partial charge >= 0.3 is 5.97 Å². The lowest BCUT2D eigenvalue weighted by atomic mass is 10.1. The lowest BCUT2D eigenvalue weighted by molar-refractivity contribution is -0.144. The van der Waals surface area contributed by atoms with Gasteiger partial charge in [0.05, 0.1) is 0 Å². The van der Waals surface area contributed by atoms with E-state index in [1.54, 1.807) is 6.92 Å². The van der Waals surface area contributed by atoms with E-state index < -0.39 is 36.0 Å². The van der Waals surface area contributed by atoms with Gasteiger partial charge in [0.1, 0.15) is 18.2 Å². The predicted molar refractivity (Wildman–Crippen MR) is 67.1 cm³/mol. The third-order valence-electron chi connectivity index (χ3n) is 3.50. The van der Waals surface area contributed by atoms with E-state index in [0.29, 0.717) is 6.42 Å². The van der Waals surface area contributed by atoms with E-state index in [2.05, 4.69) is 0 Å². The van der Waals surface area contributed by atoms with Crippen LogP contribution in [0.25, 0.3) is 0 Å². The van der Waals surface area contributed by atoms with Gasteiger partial charge in [0.25, 0.3) is 0 Å². The molecule has 2 atom stereocenters. The Kier molecular flexibility index (Phi) is 4.01. The van der Waals surface area contributed by atoms with Crippen LogP contribution in [0.3, 0.4) is 0 Å². The van der Waals surface area contributed by atoms with Gasteiger partial charge in [0.15, 0.2) is 0 Å². The van der Waals surface area contributed by atoms with Gasteiger partial charge < -0.3 is 10.0 Å². The van der Waals surface area contributed by atoms with Crippen LogP contribution in [-0.4, -0.2) is 35.0 Å². The predicted octanol–water partition coefficient (Wildman–Crippen LogP) is 2.00. The van der Waals surface area contributed by atoms with Crippen molar-refractivity contribution in [2.24, 2.45) is 5.92 Å². The van der Waals surface area contributed by atoms with Crippen molar-refractivity contribution in [1.82, 2.24) is 4.90 Å². The molecular weight excluding hydrogens is 268 g/mol. The molecule has 108 valence electrons. The van der Waals surface area contributed by atoms with Crippen molar-refractivity contribution in [2.75, 3.05) is 13.1 Å². The minimum absolute atomic E-state index is 0.0720. The number of carboxylic acid groups (broad SMARTS) is 1. The smallest absolute Gasteiger partial charge is 0.323 e. The SMILES string of the molecule is CCN(CC(=O)O)C(=O)[C@@H]1C[C@H]1c1c(F)cccc1F. The van der Waals surface area contributed by atoms with E-state index in [4.69, 9.17) is 5.11 Å². The second-order valence-electron chi connectivity index (χ2n) is 4.83. The van der Waals surface area contributed by atoms with E-state index in [1.165, 1.54) is 11.0 Å². The molecule has 0 heterocycles. The third-order valence-corrected chi connectivity index (χ3v) is 3.50. The highest BCUT2D eigenvalue weighted by molar-refractivity contribution is 5.86. The Labute approximate surface area is 115 Å². The Bertz CT molecular complexity index is 527. The summed E-state index contributed by atoms with van der Waals surface area (Å²) in [6.45, 7) is 1.54. The number of nitrogens with zero attached hydrogens (tertiary/aromatic N) is 1. The number of aliphatic carboxylic acids is 1. The number of carboxylic acids is 1. The highest BCUT2D eigenvalue weighted by Crippen LogP contribution is 2.50. The molecule has 0 saturated heterocycles. The van der Waals surface area contributed by atoms with Crippen molar-refractivity contribution in [3.63, 3.8) is 0 Å². The first-order valence-corrected chi connectivity index (χ1v) is 6.40. The number of hydrogen-bond donors (Lipinski definition) is 1. The van der Waals surface area contributed by atoms with Crippen molar-refractivity contribution >= 4 is 11.9 Å². The normalized spacial score (nSPS) is 20.6. The van der Waals surface area contributed by atoms with Crippen LogP contribution in [0, 0.1) is 17.6 Å². The standard InChI is InChI=1S/C14H15F2NO3/c1-2-17(7-12(18)19)14(20)9-6-8(9)13-10(15)4-3-5-11(13)16/h3-5,8-9H,2,6-7H2,1H3,(H,18,19)/t8-,9-/m1/s1. The van der Waals surface area contributed by atoms with Crippen molar-refractivity contribution in [2.45, 2.75) is 19.3 Å². The van der Waals surface area contributed by atoms with Gasteiger partial charge in [-0.15, -0.1) is 0 Å². The lowest BCUT2D eigenvalue weighted by Gasteiger charge is -2.18. The molecule has 1 aliphatic rings. The molecule has 1 saturated carbocycles. The molecule has 0 unspecified atom stereocenters. The largest absolute Gasteiger partial charge is 0.480 e. The molecule has 6 heteroatoms. The maximum Gasteiger partial charge on any atom is 0.323 e. The number of likely N-dealkylation sites (N-methyl/N-ethyl adjacent to an activating group) is 1. The van der Waals surface area contributed by atoms with Crippen molar-refractivity contribution in [1.29, 1.82) is 0 Å². The highest BCUT2D eigenvalue weighted by atomic mass is 19.1. The minimum Gasteiger partial charge on any atom is -0.480 e. The van der Waals surface area contributed by atoms with Gasteiger partial charge in [-0.05, 0) is 25.5 Å². The van der Waals surface area contributed by atoms with Crippen LogP contribution in [-0.2, 0) is 9.59 Å². The van der Waals surface area contributed by atoms with Crippen LogP contribution in [0.1, 0.15) is 24.8 Å². The topological polar surface area (TPSA) is 57.6 Å². The molecule has 1 aromatic carbocycles. The molecule has 1 N–H and O–H groups in total. The average molecular weight is 283 g/mol. The summed E-state index contributed by atoms with van der Waals surface area (Å²) in [7, 11) is 0. The summed E-state index contributed by atoms with van der Waals surface area (Å²) in [5, 5.41) is 8.72. The molecule has 0 aromatic heterocycles. The molecule has 0 aliphatic heterocycles. The van der Waals surface area contributed by atoms with Crippen LogP contribution in [0.2, 0.25) is 0 Å². The molecule has 0 bridgehead atoms. The molecule has 4 nitrogen and oxygen atoms in total. The van der Waals surface area contributed by atoms with Crippen molar-refractivity contribution < 1.29 is 23.5 Å². The minimum atomic E-state index is -1.10. The number of amides is 1.